The lowest BCUT2D eigenvalue weighted by Gasteiger charge is -2.25. The number of amides is 1. The maximum Gasteiger partial charge on any atom is 0.325 e. The van der Waals surface area contributed by atoms with E-state index in [1.54, 1.807) is 20.8 Å². The van der Waals surface area contributed by atoms with E-state index in [9.17, 15) is 19.7 Å². The van der Waals surface area contributed by atoms with Crippen LogP contribution < -0.4 is 0 Å². The van der Waals surface area contributed by atoms with Crippen molar-refractivity contribution in [3.05, 3.63) is 28.1 Å². The zero-order chi connectivity index (χ0) is 16.2. The summed E-state index contributed by atoms with van der Waals surface area (Å²) in [6, 6.07) is 0.981. The molecule has 1 rings (SSSR count). The van der Waals surface area contributed by atoms with E-state index in [1.165, 1.54) is 28.8 Å². The van der Waals surface area contributed by atoms with Crippen LogP contribution in [0.2, 0.25) is 0 Å². The summed E-state index contributed by atoms with van der Waals surface area (Å²) in [6.07, 6.45) is 1.31. The Balaban J connectivity index is 3.14. The number of methoxy groups -OCH3 is 1. The molecule has 0 radical (unpaired) electrons. The standard InChI is InChI=1S/C13H19N3O5/c1-5-14-7-10(16(19)20)6-11(14)13(18)15(9(2)3)8-12(17)21-4/h6-7,9H,5,8H2,1-4H3. The molecule has 8 heteroatoms. The molecule has 21 heavy (non-hydrogen) atoms. The van der Waals surface area contributed by atoms with Crippen molar-refractivity contribution in [2.45, 2.75) is 33.4 Å². The molecule has 0 spiro atoms. The molecule has 0 aliphatic rings. The fraction of sp³-hybridized carbons (Fsp3) is 0.538. The minimum atomic E-state index is -0.553. The highest BCUT2D eigenvalue weighted by Crippen LogP contribution is 2.19. The van der Waals surface area contributed by atoms with Crippen molar-refractivity contribution in [2.75, 3.05) is 13.7 Å². The maximum absolute atomic E-state index is 12.5. The molecule has 0 aliphatic carbocycles. The van der Waals surface area contributed by atoms with Gasteiger partial charge in [-0.2, -0.15) is 0 Å². The number of nitro groups is 1. The van der Waals surface area contributed by atoms with Crippen LogP contribution in [0.1, 0.15) is 31.3 Å². The molecular weight excluding hydrogens is 278 g/mol. The van der Waals surface area contributed by atoms with E-state index in [0.29, 0.717) is 6.54 Å². The number of hydrogen-bond acceptors (Lipinski definition) is 5. The SMILES string of the molecule is CCn1cc([N+](=O)[O-])cc1C(=O)N(CC(=O)OC)C(C)C. The summed E-state index contributed by atoms with van der Waals surface area (Å²) in [5.41, 5.74) is 0.0313. The normalized spacial score (nSPS) is 10.5. The van der Waals surface area contributed by atoms with Crippen molar-refractivity contribution in [1.29, 1.82) is 0 Å². The summed E-state index contributed by atoms with van der Waals surface area (Å²) >= 11 is 0. The predicted octanol–water partition coefficient (Wildman–Crippen LogP) is 1.44. The van der Waals surface area contributed by atoms with Crippen molar-refractivity contribution >= 4 is 17.6 Å². The Morgan fingerprint density at radius 1 is 1.48 bits per heavy atom. The molecule has 0 fully saturated rings. The van der Waals surface area contributed by atoms with Gasteiger partial charge in [0.25, 0.3) is 11.6 Å². The number of aromatic nitrogens is 1. The number of hydrogen-bond donors (Lipinski definition) is 0. The fourth-order valence-electron chi connectivity index (χ4n) is 1.88. The van der Waals surface area contributed by atoms with Crippen LogP contribution >= 0.6 is 0 Å². The lowest BCUT2D eigenvalue weighted by atomic mass is 10.2. The molecule has 0 atom stereocenters. The van der Waals surface area contributed by atoms with Gasteiger partial charge in [0.1, 0.15) is 12.2 Å². The van der Waals surface area contributed by atoms with Crippen LogP contribution in [0.25, 0.3) is 0 Å². The molecule has 1 aromatic heterocycles. The first-order valence-corrected chi connectivity index (χ1v) is 6.54. The number of carbonyl (C=O) groups is 2. The molecule has 1 heterocycles. The Labute approximate surface area is 122 Å². The van der Waals surface area contributed by atoms with E-state index in [-0.39, 0.29) is 24.0 Å². The Hall–Kier alpha value is -2.38. The Kier molecular flexibility index (Phi) is 5.45. The zero-order valence-electron chi connectivity index (χ0n) is 12.5. The van der Waals surface area contributed by atoms with Crippen molar-refractivity contribution in [1.82, 2.24) is 9.47 Å². The van der Waals surface area contributed by atoms with Crippen molar-refractivity contribution < 1.29 is 19.2 Å². The Morgan fingerprint density at radius 3 is 2.52 bits per heavy atom. The molecule has 1 amide bonds. The third-order valence-electron chi connectivity index (χ3n) is 3.06. The summed E-state index contributed by atoms with van der Waals surface area (Å²) in [6.45, 7) is 5.51. The minimum absolute atomic E-state index is 0.151. The predicted molar refractivity (Wildman–Crippen MR) is 74.9 cm³/mol. The molecule has 0 saturated carbocycles. The van der Waals surface area contributed by atoms with Crippen LogP contribution in [-0.2, 0) is 16.1 Å². The smallest absolute Gasteiger partial charge is 0.325 e. The van der Waals surface area contributed by atoms with Crippen LogP contribution in [0.15, 0.2) is 12.3 Å². The molecule has 0 saturated heterocycles. The van der Waals surface area contributed by atoms with Crippen LogP contribution in [0, 0.1) is 10.1 Å². The van der Waals surface area contributed by atoms with Gasteiger partial charge in [0.15, 0.2) is 0 Å². The lowest BCUT2D eigenvalue weighted by molar-refractivity contribution is -0.384. The minimum Gasteiger partial charge on any atom is -0.468 e. The van der Waals surface area contributed by atoms with E-state index in [1.807, 2.05) is 0 Å². The van der Waals surface area contributed by atoms with Gasteiger partial charge in [-0.05, 0) is 20.8 Å². The van der Waals surface area contributed by atoms with Crippen molar-refractivity contribution in [3.8, 4) is 0 Å². The first-order chi connectivity index (χ1) is 9.81. The summed E-state index contributed by atoms with van der Waals surface area (Å²) in [4.78, 5) is 35.5. The molecule has 8 nitrogen and oxygen atoms in total. The maximum atomic E-state index is 12.5. The molecule has 1 aromatic rings. The number of ether oxygens (including phenoxy) is 1. The van der Waals surface area contributed by atoms with E-state index < -0.39 is 16.8 Å². The first-order valence-electron chi connectivity index (χ1n) is 6.54. The molecule has 0 N–H and O–H groups in total. The number of rotatable bonds is 6. The second-order valence-electron chi connectivity index (χ2n) is 4.73. The largest absolute Gasteiger partial charge is 0.468 e. The fourth-order valence-corrected chi connectivity index (χ4v) is 1.88. The molecule has 0 aliphatic heterocycles. The average molecular weight is 297 g/mol. The molecule has 0 bridgehead atoms. The van der Waals surface area contributed by atoms with Gasteiger partial charge in [-0.1, -0.05) is 0 Å². The topological polar surface area (TPSA) is 94.7 Å². The molecule has 0 aromatic carbocycles. The molecule has 116 valence electrons. The summed E-state index contributed by atoms with van der Waals surface area (Å²) in [5.74, 6) is -0.980. The Morgan fingerprint density at radius 2 is 2.10 bits per heavy atom. The van der Waals surface area contributed by atoms with Gasteiger partial charge < -0.3 is 14.2 Å². The Bertz CT molecular complexity index is 550. The quantitative estimate of drug-likeness (QED) is 0.450. The van der Waals surface area contributed by atoms with E-state index >= 15 is 0 Å². The summed E-state index contributed by atoms with van der Waals surface area (Å²) in [7, 11) is 1.24. The highest BCUT2D eigenvalue weighted by molar-refractivity contribution is 5.95. The van der Waals surface area contributed by atoms with Crippen LogP contribution in [0.3, 0.4) is 0 Å². The van der Waals surface area contributed by atoms with Crippen molar-refractivity contribution in [3.63, 3.8) is 0 Å². The van der Waals surface area contributed by atoms with Crippen LogP contribution in [-0.4, -0.2) is 46.0 Å². The highest BCUT2D eigenvalue weighted by atomic mass is 16.6. The van der Waals surface area contributed by atoms with E-state index in [0.717, 1.165) is 0 Å². The summed E-state index contributed by atoms with van der Waals surface area (Å²) in [5, 5.41) is 10.8. The summed E-state index contributed by atoms with van der Waals surface area (Å²) < 4.78 is 6.06. The number of esters is 1. The van der Waals surface area contributed by atoms with Crippen LogP contribution in [0.5, 0.6) is 0 Å². The zero-order valence-corrected chi connectivity index (χ0v) is 12.5. The van der Waals surface area contributed by atoms with Crippen LogP contribution in [0.4, 0.5) is 5.69 Å². The van der Waals surface area contributed by atoms with E-state index in [2.05, 4.69) is 4.74 Å². The first kappa shape index (κ1) is 16.7. The van der Waals surface area contributed by atoms with Gasteiger partial charge in [0.2, 0.25) is 0 Å². The van der Waals surface area contributed by atoms with Gasteiger partial charge in [0, 0.05) is 18.7 Å². The lowest BCUT2D eigenvalue weighted by Crippen LogP contribution is -2.41. The third kappa shape index (κ3) is 3.80. The van der Waals surface area contributed by atoms with Gasteiger partial charge >= 0.3 is 5.97 Å². The monoisotopic (exact) mass is 297 g/mol. The number of carbonyl (C=O) groups excluding carboxylic acids is 2. The van der Waals surface area contributed by atoms with Gasteiger partial charge in [0.05, 0.1) is 18.2 Å². The van der Waals surface area contributed by atoms with Gasteiger partial charge in [-0.3, -0.25) is 19.7 Å². The number of aryl methyl sites for hydroxylation is 1. The average Bonchev–Trinajstić information content (AvgIpc) is 2.87. The third-order valence-corrected chi connectivity index (χ3v) is 3.06. The number of nitrogens with zero attached hydrogens (tertiary/aromatic N) is 3. The van der Waals surface area contributed by atoms with Crippen molar-refractivity contribution in [2.24, 2.45) is 0 Å². The highest BCUT2D eigenvalue weighted by Gasteiger charge is 2.26. The molecular formula is C13H19N3O5. The molecule has 0 unspecified atom stereocenters. The second-order valence-corrected chi connectivity index (χ2v) is 4.73. The van der Waals surface area contributed by atoms with Gasteiger partial charge in [-0.15, -0.1) is 0 Å². The van der Waals surface area contributed by atoms with Gasteiger partial charge in [-0.25, -0.2) is 0 Å². The van der Waals surface area contributed by atoms with E-state index in [4.69, 9.17) is 0 Å². The second kappa shape index (κ2) is 6.87.